The summed E-state index contributed by atoms with van der Waals surface area (Å²) in [7, 11) is -0.696. The Kier molecular flexibility index (Phi) is 20.8. The molecule has 8 N–H and O–H groups in total. The van der Waals surface area contributed by atoms with Gasteiger partial charge in [-0.05, 0) is 68.6 Å². The quantitative estimate of drug-likeness (QED) is 0.147. The zero-order valence-corrected chi connectivity index (χ0v) is 28.1. The molecule has 0 atom stereocenters. The monoisotopic (exact) mass is 717 g/mol. The van der Waals surface area contributed by atoms with E-state index in [4.69, 9.17) is 17.2 Å². The Labute approximate surface area is 273 Å². The van der Waals surface area contributed by atoms with Crippen LogP contribution in [-0.4, -0.2) is 35.9 Å². The van der Waals surface area contributed by atoms with E-state index in [-0.39, 0.29) is 83.7 Å². The molecule has 1 aliphatic carbocycles. The molecule has 0 aliphatic heterocycles. The first kappa shape index (κ1) is 39.8. The molecule has 222 valence electrons. The van der Waals surface area contributed by atoms with Crippen LogP contribution in [-0.2, 0) is 19.5 Å². The van der Waals surface area contributed by atoms with Crippen molar-refractivity contribution in [2.24, 2.45) is 17.2 Å². The van der Waals surface area contributed by atoms with Crippen molar-refractivity contribution in [2.75, 3.05) is 12.3 Å². The Bertz CT molecular complexity index is 998. The molecule has 0 radical (unpaired) electrons. The van der Waals surface area contributed by atoms with Crippen molar-refractivity contribution in [3.05, 3.63) is 121 Å². The van der Waals surface area contributed by atoms with Crippen LogP contribution in [0.3, 0.4) is 0 Å². The second-order valence-electron chi connectivity index (χ2n) is 9.63. The van der Waals surface area contributed by atoms with Gasteiger partial charge in [-0.2, -0.15) is 0 Å². The van der Waals surface area contributed by atoms with Crippen molar-refractivity contribution in [1.29, 1.82) is 0 Å². The van der Waals surface area contributed by atoms with E-state index in [2.05, 4.69) is 121 Å². The SMILES string of the molecule is NC1CC(N)CC(N)C1.O.[Cl-].[Cl-].[Ru+2].c1ccc(P(CCP(c2ccccc2)c2ccccc2)c2ccccc2)cc1. The van der Waals surface area contributed by atoms with Gasteiger partial charge >= 0.3 is 19.5 Å². The molecule has 1 aliphatic rings. The van der Waals surface area contributed by atoms with Crippen LogP contribution in [0.25, 0.3) is 0 Å². The van der Waals surface area contributed by atoms with Crippen molar-refractivity contribution in [3.63, 3.8) is 0 Å². The Hall–Kier alpha value is -1.22. The van der Waals surface area contributed by atoms with Crippen LogP contribution in [0.1, 0.15) is 19.3 Å². The van der Waals surface area contributed by atoms with Gasteiger partial charge in [-0.25, -0.2) is 0 Å². The molecule has 4 aromatic carbocycles. The Morgan fingerprint density at radius 3 is 0.829 bits per heavy atom. The van der Waals surface area contributed by atoms with Gasteiger partial charge in [0.05, 0.1) is 0 Å². The van der Waals surface area contributed by atoms with Crippen LogP contribution in [0.2, 0.25) is 0 Å². The van der Waals surface area contributed by atoms with Crippen LogP contribution >= 0.6 is 15.8 Å². The summed E-state index contributed by atoms with van der Waals surface area (Å²) in [5.41, 5.74) is 17.0. The average Bonchev–Trinajstić information content (AvgIpc) is 2.93. The molecule has 1 fully saturated rings. The van der Waals surface area contributed by atoms with E-state index in [0.29, 0.717) is 0 Å². The van der Waals surface area contributed by atoms with Crippen molar-refractivity contribution in [3.8, 4) is 0 Å². The number of halogens is 2. The Morgan fingerprint density at radius 2 is 0.634 bits per heavy atom. The third-order valence-corrected chi connectivity index (χ3v) is 12.0. The number of benzene rings is 4. The van der Waals surface area contributed by atoms with Gasteiger partial charge in [-0.3, -0.25) is 0 Å². The first-order valence-corrected chi connectivity index (χ1v) is 16.2. The summed E-state index contributed by atoms with van der Waals surface area (Å²) >= 11 is 0. The minimum absolute atomic E-state index is 0. The normalized spacial score (nSPS) is 17.4. The summed E-state index contributed by atoms with van der Waals surface area (Å²) in [6.45, 7) is 0. The molecule has 4 nitrogen and oxygen atoms in total. The topological polar surface area (TPSA) is 110 Å². The van der Waals surface area contributed by atoms with Gasteiger partial charge in [0.1, 0.15) is 0 Å². The second-order valence-corrected chi connectivity index (χ2v) is 14.3. The molecular formula is C32H41Cl2N3OP2Ru. The third-order valence-electron chi connectivity index (χ3n) is 6.64. The van der Waals surface area contributed by atoms with Gasteiger partial charge < -0.3 is 47.5 Å². The standard InChI is InChI=1S/C26H24P2.C6H15N3.2ClH.H2O.Ru/c1-5-13-23(14-6-1)27(24-15-7-2-8-16-24)21-22-28(25-17-9-3-10-18-25)26-19-11-4-12-20-26;7-4-1-5(8)3-6(9)2-4;;;;/h1-20H,21-22H2;4-6H,1-3,7-9H2;2*1H;1H2;/q;;;;;+2/p-2. The van der Waals surface area contributed by atoms with Gasteiger partial charge in [0, 0.05) is 18.1 Å². The van der Waals surface area contributed by atoms with Crippen molar-refractivity contribution >= 4 is 37.1 Å². The van der Waals surface area contributed by atoms with Gasteiger partial charge in [0.15, 0.2) is 0 Å². The molecule has 1 saturated carbocycles. The summed E-state index contributed by atoms with van der Waals surface area (Å²) in [5, 5.41) is 5.89. The van der Waals surface area contributed by atoms with E-state index in [1.807, 2.05) is 0 Å². The maximum absolute atomic E-state index is 5.66. The van der Waals surface area contributed by atoms with E-state index in [0.717, 1.165) is 19.3 Å². The third kappa shape index (κ3) is 12.9. The molecule has 0 amide bonds. The number of rotatable bonds is 7. The minimum Gasteiger partial charge on any atom is -1.00 e. The molecule has 0 spiro atoms. The van der Waals surface area contributed by atoms with E-state index in [9.17, 15) is 0 Å². The predicted molar refractivity (Wildman–Crippen MR) is 169 cm³/mol. The summed E-state index contributed by atoms with van der Waals surface area (Å²) < 4.78 is 0. The number of nitrogens with two attached hydrogens (primary N) is 3. The minimum atomic E-state index is -0.348. The van der Waals surface area contributed by atoms with Crippen LogP contribution in [0.5, 0.6) is 0 Å². The van der Waals surface area contributed by atoms with E-state index in [1.54, 1.807) is 0 Å². The molecule has 0 unspecified atom stereocenters. The zero-order valence-electron chi connectivity index (χ0n) is 23.1. The van der Waals surface area contributed by atoms with Crippen LogP contribution < -0.4 is 63.2 Å². The van der Waals surface area contributed by atoms with Crippen molar-refractivity contribution in [1.82, 2.24) is 0 Å². The molecule has 9 heteroatoms. The Morgan fingerprint density at radius 1 is 0.439 bits per heavy atom. The maximum atomic E-state index is 5.66. The van der Waals surface area contributed by atoms with E-state index >= 15 is 0 Å². The number of hydrogen-bond acceptors (Lipinski definition) is 3. The van der Waals surface area contributed by atoms with E-state index in [1.165, 1.54) is 33.5 Å². The van der Waals surface area contributed by atoms with Gasteiger partial charge in [-0.15, -0.1) is 0 Å². The summed E-state index contributed by atoms with van der Waals surface area (Å²) in [4.78, 5) is 0. The molecule has 41 heavy (non-hydrogen) atoms. The van der Waals surface area contributed by atoms with Crippen LogP contribution in [0.15, 0.2) is 121 Å². The second kappa shape index (κ2) is 21.5. The molecule has 4 aromatic rings. The first-order valence-electron chi connectivity index (χ1n) is 13.1. The van der Waals surface area contributed by atoms with Crippen molar-refractivity contribution < 1.29 is 49.8 Å². The largest absolute Gasteiger partial charge is 2.00 e. The molecular weight excluding hydrogens is 676 g/mol. The summed E-state index contributed by atoms with van der Waals surface area (Å²) in [5.74, 6) is 0. The molecule has 0 bridgehead atoms. The smallest absolute Gasteiger partial charge is 1.00 e. The predicted octanol–water partition coefficient (Wildman–Crippen LogP) is -2.41. The fourth-order valence-corrected chi connectivity index (χ4v) is 10.3. The number of hydrogen-bond donors (Lipinski definition) is 3. The molecule has 0 aromatic heterocycles. The summed E-state index contributed by atoms with van der Waals surface area (Å²) in [6, 6.07) is 44.9. The zero-order chi connectivity index (χ0) is 25.9. The Balaban J connectivity index is 0.00000107. The van der Waals surface area contributed by atoms with Gasteiger partial charge in [-0.1, -0.05) is 121 Å². The van der Waals surface area contributed by atoms with Crippen LogP contribution in [0.4, 0.5) is 0 Å². The molecule has 0 saturated heterocycles. The first-order chi connectivity index (χ1) is 18.1. The fraction of sp³-hybridized carbons (Fsp3) is 0.250. The van der Waals surface area contributed by atoms with Crippen molar-refractivity contribution in [2.45, 2.75) is 37.4 Å². The van der Waals surface area contributed by atoms with Gasteiger partial charge in [0.2, 0.25) is 0 Å². The average molecular weight is 718 g/mol. The fourth-order valence-electron chi connectivity index (χ4n) is 4.90. The van der Waals surface area contributed by atoms with E-state index < -0.39 is 0 Å². The molecule has 0 heterocycles. The van der Waals surface area contributed by atoms with Gasteiger partial charge in [0.25, 0.3) is 0 Å². The van der Waals surface area contributed by atoms with Crippen LogP contribution in [0, 0.1) is 0 Å². The maximum Gasteiger partial charge on any atom is 2.00 e. The molecule has 5 rings (SSSR count). The summed E-state index contributed by atoms with van der Waals surface area (Å²) in [6.07, 6.45) is 5.23.